The fourth-order valence-electron chi connectivity index (χ4n) is 2.02. The Balaban J connectivity index is 1.80. The van der Waals surface area contributed by atoms with Crippen molar-refractivity contribution in [2.24, 2.45) is 0 Å². The van der Waals surface area contributed by atoms with Crippen molar-refractivity contribution in [2.75, 3.05) is 11.5 Å². The maximum absolute atomic E-state index is 11.7. The molecule has 1 saturated heterocycles. The first-order valence-corrected chi connectivity index (χ1v) is 8.98. The topological polar surface area (TPSA) is 125 Å². The third kappa shape index (κ3) is 4.67. The van der Waals surface area contributed by atoms with E-state index in [1.54, 1.807) is 0 Å². The number of nitrogens with zero attached hydrogens (tertiary/aromatic N) is 1. The summed E-state index contributed by atoms with van der Waals surface area (Å²) < 4.78 is 22.9. The van der Waals surface area contributed by atoms with E-state index < -0.39 is 21.8 Å². The Morgan fingerprint density at radius 2 is 2.24 bits per heavy atom. The Morgan fingerprint density at radius 3 is 2.86 bits per heavy atom. The summed E-state index contributed by atoms with van der Waals surface area (Å²) in [5.74, 6) is -0.987. The second-order valence-electron chi connectivity index (χ2n) is 4.71. The Labute approximate surface area is 125 Å². The molecular formula is C11H15N3O5S2. The third-order valence-corrected chi connectivity index (χ3v) is 5.64. The van der Waals surface area contributed by atoms with Crippen molar-refractivity contribution in [2.45, 2.75) is 25.4 Å². The van der Waals surface area contributed by atoms with Crippen LogP contribution in [0, 0.1) is 0 Å². The second-order valence-corrected chi connectivity index (χ2v) is 7.88. The van der Waals surface area contributed by atoms with E-state index in [0.29, 0.717) is 17.8 Å². The highest BCUT2D eigenvalue weighted by Gasteiger charge is 2.25. The van der Waals surface area contributed by atoms with E-state index in [4.69, 9.17) is 5.11 Å². The number of aromatic nitrogens is 1. The van der Waals surface area contributed by atoms with Gasteiger partial charge in [0, 0.05) is 11.4 Å². The number of hydrogen-bond acceptors (Lipinski definition) is 6. The molecule has 0 aliphatic carbocycles. The minimum absolute atomic E-state index is 0.0408. The SMILES string of the molecule is O=C(NCc1nc(C(=O)O)cs1)NC1CCCS(=O)(=O)C1. The maximum Gasteiger partial charge on any atom is 0.355 e. The van der Waals surface area contributed by atoms with Crippen LogP contribution in [0.5, 0.6) is 0 Å². The highest BCUT2D eigenvalue weighted by Crippen LogP contribution is 2.12. The van der Waals surface area contributed by atoms with Crippen LogP contribution in [-0.2, 0) is 16.4 Å². The van der Waals surface area contributed by atoms with Crippen molar-refractivity contribution in [1.82, 2.24) is 15.6 Å². The average Bonchev–Trinajstić information content (AvgIpc) is 2.84. The van der Waals surface area contributed by atoms with Gasteiger partial charge < -0.3 is 15.7 Å². The molecule has 0 aromatic carbocycles. The molecule has 1 aliphatic heterocycles. The summed E-state index contributed by atoms with van der Waals surface area (Å²) in [5.41, 5.74) is -0.0596. The van der Waals surface area contributed by atoms with Gasteiger partial charge in [-0.05, 0) is 12.8 Å². The fraction of sp³-hybridized carbons (Fsp3) is 0.545. The molecule has 1 aromatic rings. The summed E-state index contributed by atoms with van der Waals surface area (Å²) in [6.07, 6.45) is 1.18. The lowest BCUT2D eigenvalue weighted by Crippen LogP contribution is -2.47. The number of carbonyl (C=O) groups excluding carboxylic acids is 1. The highest BCUT2D eigenvalue weighted by molar-refractivity contribution is 7.91. The van der Waals surface area contributed by atoms with E-state index in [1.165, 1.54) is 5.38 Å². The van der Waals surface area contributed by atoms with Gasteiger partial charge in [0.05, 0.1) is 18.1 Å². The quantitative estimate of drug-likeness (QED) is 0.723. The number of thiazole rings is 1. The van der Waals surface area contributed by atoms with Crippen molar-refractivity contribution in [1.29, 1.82) is 0 Å². The smallest absolute Gasteiger partial charge is 0.355 e. The lowest BCUT2D eigenvalue weighted by Gasteiger charge is -2.22. The molecule has 1 aliphatic rings. The number of carbonyl (C=O) groups is 2. The van der Waals surface area contributed by atoms with Gasteiger partial charge in [-0.1, -0.05) is 0 Å². The number of aromatic carboxylic acids is 1. The average molecular weight is 333 g/mol. The van der Waals surface area contributed by atoms with Gasteiger partial charge in [-0.25, -0.2) is 23.0 Å². The van der Waals surface area contributed by atoms with Crippen molar-refractivity contribution < 1.29 is 23.1 Å². The lowest BCUT2D eigenvalue weighted by atomic mass is 10.2. The van der Waals surface area contributed by atoms with Gasteiger partial charge in [-0.3, -0.25) is 0 Å². The summed E-state index contributed by atoms with van der Waals surface area (Å²) in [6, 6.07) is -0.862. The van der Waals surface area contributed by atoms with Crippen LogP contribution in [0.4, 0.5) is 4.79 Å². The van der Waals surface area contributed by atoms with Crippen molar-refractivity contribution in [3.63, 3.8) is 0 Å². The Kier molecular flexibility index (Phi) is 4.78. The molecule has 0 saturated carbocycles. The van der Waals surface area contributed by atoms with Gasteiger partial charge in [0.2, 0.25) is 0 Å². The molecule has 1 fully saturated rings. The number of rotatable bonds is 4. The van der Waals surface area contributed by atoms with Crippen LogP contribution in [0.1, 0.15) is 28.3 Å². The van der Waals surface area contributed by atoms with Crippen LogP contribution in [0.3, 0.4) is 0 Å². The molecule has 2 heterocycles. The second kappa shape index (κ2) is 6.39. The molecular weight excluding hydrogens is 318 g/mol. The number of amides is 2. The molecule has 0 spiro atoms. The molecule has 10 heteroatoms. The first-order chi connectivity index (χ1) is 9.85. The van der Waals surface area contributed by atoms with Crippen LogP contribution < -0.4 is 10.6 Å². The number of hydrogen-bond donors (Lipinski definition) is 3. The zero-order chi connectivity index (χ0) is 15.5. The molecule has 8 nitrogen and oxygen atoms in total. The van der Waals surface area contributed by atoms with E-state index >= 15 is 0 Å². The van der Waals surface area contributed by atoms with Gasteiger partial charge in [-0.15, -0.1) is 11.3 Å². The zero-order valence-corrected chi connectivity index (χ0v) is 12.7. The molecule has 2 rings (SSSR count). The predicted molar refractivity (Wildman–Crippen MR) is 76.1 cm³/mol. The van der Waals surface area contributed by atoms with Gasteiger partial charge in [-0.2, -0.15) is 0 Å². The Morgan fingerprint density at radius 1 is 1.48 bits per heavy atom. The summed E-state index contributed by atoms with van der Waals surface area (Å²) in [7, 11) is -3.07. The molecule has 21 heavy (non-hydrogen) atoms. The number of carboxylic acids is 1. The standard InChI is InChI=1S/C11H15N3O5S2/c15-10(16)8-5-20-9(14-8)4-12-11(17)13-7-2-1-3-21(18,19)6-7/h5,7H,1-4,6H2,(H,15,16)(H2,12,13,17). The normalized spacial score (nSPS) is 20.7. The van der Waals surface area contributed by atoms with Crippen molar-refractivity contribution >= 4 is 33.2 Å². The summed E-state index contributed by atoms with van der Waals surface area (Å²) >= 11 is 1.14. The number of nitrogens with one attached hydrogen (secondary N) is 2. The molecule has 1 aromatic heterocycles. The molecule has 1 unspecified atom stereocenters. The van der Waals surface area contributed by atoms with Gasteiger partial charge >= 0.3 is 12.0 Å². The molecule has 116 valence electrons. The van der Waals surface area contributed by atoms with Gasteiger partial charge in [0.1, 0.15) is 5.01 Å². The molecule has 3 N–H and O–H groups in total. The Hall–Kier alpha value is -1.68. The van der Waals surface area contributed by atoms with Crippen LogP contribution in [0.15, 0.2) is 5.38 Å². The zero-order valence-electron chi connectivity index (χ0n) is 11.0. The summed E-state index contributed by atoms with van der Waals surface area (Å²) in [4.78, 5) is 26.2. The number of urea groups is 1. The van der Waals surface area contributed by atoms with E-state index in [9.17, 15) is 18.0 Å². The minimum atomic E-state index is -3.07. The van der Waals surface area contributed by atoms with E-state index in [-0.39, 0.29) is 29.8 Å². The molecule has 0 bridgehead atoms. The van der Waals surface area contributed by atoms with Gasteiger partial charge in [0.25, 0.3) is 0 Å². The third-order valence-electron chi connectivity index (χ3n) is 2.97. The van der Waals surface area contributed by atoms with Crippen LogP contribution >= 0.6 is 11.3 Å². The first-order valence-electron chi connectivity index (χ1n) is 6.28. The fourth-order valence-corrected chi connectivity index (χ4v) is 4.36. The maximum atomic E-state index is 11.7. The van der Waals surface area contributed by atoms with Crippen molar-refractivity contribution in [3.05, 3.63) is 16.1 Å². The van der Waals surface area contributed by atoms with E-state index in [0.717, 1.165) is 11.3 Å². The summed E-state index contributed by atoms with van der Waals surface area (Å²) in [5, 5.41) is 15.7. The summed E-state index contributed by atoms with van der Waals surface area (Å²) in [6.45, 7) is 0.100. The monoisotopic (exact) mass is 333 g/mol. The molecule has 0 radical (unpaired) electrons. The van der Waals surface area contributed by atoms with Gasteiger partial charge in [0.15, 0.2) is 15.5 Å². The van der Waals surface area contributed by atoms with E-state index in [1.807, 2.05) is 0 Å². The first kappa shape index (κ1) is 15.7. The predicted octanol–water partition coefficient (Wildman–Crippen LogP) is 0.218. The van der Waals surface area contributed by atoms with Crippen LogP contribution in [0.2, 0.25) is 0 Å². The Bertz CT molecular complexity index is 640. The largest absolute Gasteiger partial charge is 0.476 e. The number of sulfone groups is 1. The molecule has 2 amide bonds. The van der Waals surface area contributed by atoms with Crippen molar-refractivity contribution in [3.8, 4) is 0 Å². The minimum Gasteiger partial charge on any atom is -0.476 e. The van der Waals surface area contributed by atoms with E-state index in [2.05, 4.69) is 15.6 Å². The van der Waals surface area contributed by atoms with Crippen LogP contribution in [-0.4, -0.2) is 48.1 Å². The highest BCUT2D eigenvalue weighted by atomic mass is 32.2. The molecule has 1 atom stereocenters. The van der Waals surface area contributed by atoms with Crippen LogP contribution in [0.25, 0.3) is 0 Å². The number of carboxylic acid groups (broad SMARTS) is 1. The lowest BCUT2D eigenvalue weighted by molar-refractivity contribution is 0.0691.